The molecule has 0 radical (unpaired) electrons. The van der Waals surface area contributed by atoms with Gasteiger partial charge < -0.3 is 5.32 Å². The van der Waals surface area contributed by atoms with Crippen molar-refractivity contribution in [2.45, 2.75) is 24.4 Å². The molecule has 0 unspecified atom stereocenters. The molecule has 5 nitrogen and oxygen atoms in total. The van der Waals surface area contributed by atoms with Gasteiger partial charge in [-0.3, -0.25) is 9.36 Å². The SMILES string of the molecule is O=C(CCCSc1nnc(-c2ccc(Cl)cc2)n1-c1ccccc1)NCCc1ccc(Cl)cc1Cl. The summed E-state index contributed by atoms with van der Waals surface area (Å²) in [6, 6.07) is 22.9. The van der Waals surface area contributed by atoms with E-state index in [2.05, 4.69) is 15.5 Å². The molecule has 0 aliphatic heterocycles. The first-order valence-electron chi connectivity index (χ1n) is 11.1. The number of nitrogens with one attached hydrogen (secondary N) is 1. The minimum Gasteiger partial charge on any atom is -0.356 e. The topological polar surface area (TPSA) is 59.8 Å². The van der Waals surface area contributed by atoms with Crippen molar-refractivity contribution in [1.82, 2.24) is 20.1 Å². The Balaban J connectivity index is 1.32. The molecule has 1 amide bonds. The summed E-state index contributed by atoms with van der Waals surface area (Å²) < 4.78 is 2.03. The second-order valence-electron chi connectivity index (χ2n) is 7.77. The van der Waals surface area contributed by atoms with E-state index in [1.54, 1.807) is 23.9 Å². The van der Waals surface area contributed by atoms with Gasteiger partial charge in [-0.2, -0.15) is 0 Å². The number of carbonyl (C=O) groups is 1. The second kappa shape index (κ2) is 12.5. The van der Waals surface area contributed by atoms with Crippen LogP contribution < -0.4 is 5.32 Å². The van der Waals surface area contributed by atoms with E-state index < -0.39 is 0 Å². The molecule has 0 fully saturated rings. The molecule has 4 aromatic rings. The minimum atomic E-state index is 0.0158. The monoisotopic (exact) mass is 544 g/mol. The summed E-state index contributed by atoms with van der Waals surface area (Å²) in [5.74, 6) is 1.50. The van der Waals surface area contributed by atoms with E-state index in [4.69, 9.17) is 34.8 Å². The van der Waals surface area contributed by atoms with Crippen molar-refractivity contribution in [3.8, 4) is 17.1 Å². The summed E-state index contributed by atoms with van der Waals surface area (Å²) >= 11 is 19.8. The summed E-state index contributed by atoms with van der Waals surface area (Å²) in [4.78, 5) is 12.3. The maximum absolute atomic E-state index is 12.3. The predicted octanol–water partition coefficient (Wildman–Crippen LogP) is 7.13. The highest BCUT2D eigenvalue weighted by Gasteiger charge is 2.16. The Kier molecular flexibility index (Phi) is 9.10. The van der Waals surface area contributed by atoms with E-state index in [1.165, 1.54) is 0 Å². The summed E-state index contributed by atoms with van der Waals surface area (Å²) in [6.45, 7) is 0.528. The molecule has 0 aliphatic rings. The largest absolute Gasteiger partial charge is 0.356 e. The highest BCUT2D eigenvalue weighted by molar-refractivity contribution is 7.99. The average molecular weight is 546 g/mol. The molecule has 1 heterocycles. The lowest BCUT2D eigenvalue weighted by atomic mass is 10.1. The molecule has 0 saturated heterocycles. The molecular formula is C26H23Cl3N4OS. The van der Waals surface area contributed by atoms with Gasteiger partial charge >= 0.3 is 0 Å². The molecule has 0 atom stereocenters. The zero-order chi connectivity index (χ0) is 24.6. The molecule has 35 heavy (non-hydrogen) atoms. The van der Waals surface area contributed by atoms with Gasteiger partial charge in [0.2, 0.25) is 5.91 Å². The van der Waals surface area contributed by atoms with Gasteiger partial charge in [0.05, 0.1) is 0 Å². The van der Waals surface area contributed by atoms with Crippen LogP contribution >= 0.6 is 46.6 Å². The quantitative estimate of drug-likeness (QED) is 0.170. The fourth-order valence-electron chi connectivity index (χ4n) is 3.50. The van der Waals surface area contributed by atoms with Gasteiger partial charge in [-0.25, -0.2) is 0 Å². The van der Waals surface area contributed by atoms with Crippen LogP contribution in [0.3, 0.4) is 0 Å². The molecule has 1 aromatic heterocycles. The smallest absolute Gasteiger partial charge is 0.220 e. The summed E-state index contributed by atoms with van der Waals surface area (Å²) in [5, 5.41) is 14.5. The number of aromatic nitrogens is 3. The fraction of sp³-hybridized carbons (Fsp3) is 0.192. The molecule has 9 heteroatoms. The van der Waals surface area contributed by atoms with Crippen LogP contribution in [-0.4, -0.2) is 33.0 Å². The Labute approximate surface area is 223 Å². The number of hydrogen-bond donors (Lipinski definition) is 1. The molecule has 0 spiro atoms. The number of thioether (sulfide) groups is 1. The van der Waals surface area contributed by atoms with Crippen molar-refractivity contribution in [2.24, 2.45) is 0 Å². The standard InChI is InChI=1S/C26H23Cl3N4OS/c27-20-11-9-19(10-12-20)25-31-32-26(33(25)22-5-2-1-3-6-22)35-16-4-7-24(34)30-15-14-18-8-13-21(28)17-23(18)29/h1-3,5-6,8-13,17H,4,7,14-16H2,(H,30,34). The van der Waals surface area contributed by atoms with Crippen molar-refractivity contribution >= 4 is 52.5 Å². The van der Waals surface area contributed by atoms with Crippen LogP contribution in [0.4, 0.5) is 0 Å². The lowest BCUT2D eigenvalue weighted by Gasteiger charge is -2.10. The number of para-hydroxylation sites is 1. The number of hydrogen-bond acceptors (Lipinski definition) is 4. The van der Waals surface area contributed by atoms with Gasteiger partial charge in [0.25, 0.3) is 0 Å². The lowest BCUT2D eigenvalue weighted by molar-refractivity contribution is -0.121. The first-order valence-corrected chi connectivity index (χ1v) is 13.2. The Morgan fingerprint density at radius 2 is 1.66 bits per heavy atom. The number of nitrogens with zero attached hydrogens (tertiary/aromatic N) is 3. The van der Waals surface area contributed by atoms with Crippen LogP contribution in [0.25, 0.3) is 17.1 Å². The van der Waals surface area contributed by atoms with E-state index in [0.717, 1.165) is 40.0 Å². The number of rotatable bonds is 10. The summed E-state index contributed by atoms with van der Waals surface area (Å²) in [5.41, 5.74) is 2.87. The van der Waals surface area contributed by atoms with Gasteiger partial charge in [-0.15, -0.1) is 10.2 Å². The third-order valence-electron chi connectivity index (χ3n) is 5.26. The Bertz CT molecular complexity index is 1280. The number of amides is 1. The van der Waals surface area contributed by atoms with Gasteiger partial charge in [-0.1, -0.05) is 70.8 Å². The number of carbonyl (C=O) groups excluding carboxylic acids is 1. The van der Waals surface area contributed by atoms with E-state index in [1.807, 2.05) is 65.2 Å². The van der Waals surface area contributed by atoms with E-state index >= 15 is 0 Å². The van der Waals surface area contributed by atoms with Gasteiger partial charge in [0.1, 0.15) is 0 Å². The second-order valence-corrected chi connectivity index (χ2v) is 10.1. The van der Waals surface area contributed by atoms with Crippen LogP contribution in [0.5, 0.6) is 0 Å². The van der Waals surface area contributed by atoms with Gasteiger partial charge in [-0.05, 0) is 66.9 Å². The van der Waals surface area contributed by atoms with Crippen LogP contribution in [0.1, 0.15) is 18.4 Å². The highest BCUT2D eigenvalue weighted by atomic mass is 35.5. The average Bonchev–Trinajstić information content (AvgIpc) is 3.28. The normalized spacial score (nSPS) is 10.9. The van der Waals surface area contributed by atoms with Crippen molar-refractivity contribution < 1.29 is 4.79 Å². The third kappa shape index (κ3) is 7.01. The number of benzene rings is 3. The van der Waals surface area contributed by atoms with Crippen LogP contribution in [0.2, 0.25) is 15.1 Å². The zero-order valence-electron chi connectivity index (χ0n) is 18.8. The molecule has 180 valence electrons. The summed E-state index contributed by atoms with van der Waals surface area (Å²) in [7, 11) is 0. The van der Waals surface area contributed by atoms with Crippen LogP contribution in [-0.2, 0) is 11.2 Å². The maximum atomic E-state index is 12.3. The van der Waals surface area contributed by atoms with E-state index in [9.17, 15) is 4.79 Å². The Hall–Kier alpha value is -2.51. The zero-order valence-corrected chi connectivity index (χ0v) is 21.8. The molecule has 0 bridgehead atoms. The van der Waals surface area contributed by atoms with Crippen molar-refractivity contribution in [2.75, 3.05) is 12.3 Å². The molecule has 0 aliphatic carbocycles. The third-order valence-corrected chi connectivity index (χ3v) is 7.12. The van der Waals surface area contributed by atoms with Gasteiger partial charge in [0, 0.05) is 45.0 Å². The summed E-state index contributed by atoms with van der Waals surface area (Å²) in [6.07, 6.45) is 1.81. The Morgan fingerprint density at radius 1 is 0.914 bits per heavy atom. The number of halogens is 3. The first-order chi connectivity index (χ1) is 17.0. The molecule has 4 rings (SSSR count). The lowest BCUT2D eigenvalue weighted by Crippen LogP contribution is -2.25. The van der Waals surface area contributed by atoms with Crippen LogP contribution in [0.15, 0.2) is 78.0 Å². The van der Waals surface area contributed by atoms with Crippen LogP contribution in [0, 0.1) is 0 Å². The highest BCUT2D eigenvalue weighted by Crippen LogP contribution is 2.29. The fourth-order valence-corrected chi connectivity index (χ4v) is 5.02. The van der Waals surface area contributed by atoms with E-state index in [0.29, 0.717) is 34.5 Å². The maximum Gasteiger partial charge on any atom is 0.220 e. The molecule has 0 saturated carbocycles. The van der Waals surface area contributed by atoms with Crippen molar-refractivity contribution in [3.05, 3.63) is 93.4 Å². The minimum absolute atomic E-state index is 0.0158. The molecular weight excluding hydrogens is 523 g/mol. The van der Waals surface area contributed by atoms with Crippen molar-refractivity contribution in [1.29, 1.82) is 0 Å². The van der Waals surface area contributed by atoms with Gasteiger partial charge in [0.15, 0.2) is 11.0 Å². The first kappa shape index (κ1) is 25.6. The Morgan fingerprint density at radius 3 is 2.40 bits per heavy atom. The predicted molar refractivity (Wildman–Crippen MR) is 145 cm³/mol. The molecule has 3 aromatic carbocycles. The van der Waals surface area contributed by atoms with Crippen molar-refractivity contribution in [3.63, 3.8) is 0 Å². The molecule has 1 N–H and O–H groups in total. The van der Waals surface area contributed by atoms with E-state index in [-0.39, 0.29) is 5.91 Å².